The summed E-state index contributed by atoms with van der Waals surface area (Å²) >= 11 is 0. The standard InChI is InChI=1S/C12H14N2O/c1-7-4-8(2)14-12-10(7)5-9(13)6-11(12)15-3/h4-6H,13H2,1-3H3. The maximum Gasteiger partial charge on any atom is 0.147 e. The topological polar surface area (TPSA) is 48.1 Å². The average molecular weight is 202 g/mol. The molecule has 0 unspecified atom stereocenters. The number of aryl methyl sites for hydroxylation is 2. The van der Waals surface area contributed by atoms with Gasteiger partial charge in [-0.05, 0) is 31.5 Å². The predicted octanol–water partition coefficient (Wildman–Crippen LogP) is 2.44. The van der Waals surface area contributed by atoms with Crippen LogP contribution in [0.1, 0.15) is 11.3 Å². The first kappa shape index (κ1) is 9.77. The molecule has 0 bridgehead atoms. The van der Waals surface area contributed by atoms with Crippen molar-refractivity contribution >= 4 is 16.6 Å². The first-order valence-corrected chi connectivity index (χ1v) is 4.83. The minimum absolute atomic E-state index is 0.702. The lowest BCUT2D eigenvalue weighted by Crippen LogP contribution is -1.94. The molecule has 3 nitrogen and oxygen atoms in total. The molecule has 1 aromatic heterocycles. The van der Waals surface area contributed by atoms with Gasteiger partial charge in [0.15, 0.2) is 0 Å². The van der Waals surface area contributed by atoms with Gasteiger partial charge in [-0.25, -0.2) is 4.98 Å². The molecule has 0 saturated carbocycles. The van der Waals surface area contributed by atoms with Crippen molar-refractivity contribution in [2.75, 3.05) is 12.8 Å². The predicted molar refractivity (Wildman–Crippen MR) is 62.2 cm³/mol. The highest BCUT2D eigenvalue weighted by molar-refractivity contribution is 5.90. The van der Waals surface area contributed by atoms with Gasteiger partial charge in [0.05, 0.1) is 7.11 Å². The van der Waals surface area contributed by atoms with Gasteiger partial charge in [0, 0.05) is 22.8 Å². The van der Waals surface area contributed by atoms with E-state index in [0.29, 0.717) is 5.69 Å². The van der Waals surface area contributed by atoms with E-state index in [0.717, 1.165) is 22.3 Å². The Morgan fingerprint density at radius 2 is 1.93 bits per heavy atom. The summed E-state index contributed by atoms with van der Waals surface area (Å²) < 4.78 is 5.28. The van der Waals surface area contributed by atoms with E-state index >= 15 is 0 Å². The van der Waals surface area contributed by atoms with E-state index in [1.807, 2.05) is 19.1 Å². The van der Waals surface area contributed by atoms with Gasteiger partial charge in [0.1, 0.15) is 11.3 Å². The first-order valence-electron chi connectivity index (χ1n) is 4.83. The van der Waals surface area contributed by atoms with Crippen LogP contribution in [0, 0.1) is 13.8 Å². The number of benzene rings is 1. The lowest BCUT2D eigenvalue weighted by Gasteiger charge is -2.09. The lowest BCUT2D eigenvalue weighted by molar-refractivity contribution is 0.419. The highest BCUT2D eigenvalue weighted by Gasteiger charge is 2.07. The number of nitrogen functional groups attached to an aromatic ring is 1. The molecule has 0 radical (unpaired) electrons. The lowest BCUT2D eigenvalue weighted by atomic mass is 10.1. The van der Waals surface area contributed by atoms with Crippen molar-refractivity contribution in [3.63, 3.8) is 0 Å². The summed E-state index contributed by atoms with van der Waals surface area (Å²) in [5.41, 5.74) is 9.54. The summed E-state index contributed by atoms with van der Waals surface area (Å²) in [6.07, 6.45) is 0. The Balaban J connectivity index is 2.89. The molecule has 0 amide bonds. The maximum atomic E-state index is 5.80. The molecule has 0 aliphatic rings. The van der Waals surface area contributed by atoms with Crippen molar-refractivity contribution in [2.45, 2.75) is 13.8 Å². The van der Waals surface area contributed by atoms with Crippen molar-refractivity contribution in [1.82, 2.24) is 4.98 Å². The summed E-state index contributed by atoms with van der Waals surface area (Å²) in [4.78, 5) is 4.47. The van der Waals surface area contributed by atoms with Gasteiger partial charge in [-0.3, -0.25) is 0 Å². The van der Waals surface area contributed by atoms with Crippen LogP contribution in [0.5, 0.6) is 5.75 Å². The fraction of sp³-hybridized carbons (Fsp3) is 0.250. The number of hydrogen-bond acceptors (Lipinski definition) is 3. The Labute approximate surface area is 88.9 Å². The molecule has 0 aliphatic heterocycles. The van der Waals surface area contributed by atoms with E-state index in [2.05, 4.69) is 11.9 Å². The molecule has 2 N–H and O–H groups in total. The molecule has 1 aromatic carbocycles. The largest absolute Gasteiger partial charge is 0.494 e. The van der Waals surface area contributed by atoms with Crippen LogP contribution >= 0.6 is 0 Å². The second-order valence-corrected chi connectivity index (χ2v) is 3.70. The number of nitrogens with zero attached hydrogens (tertiary/aromatic N) is 1. The van der Waals surface area contributed by atoms with Gasteiger partial charge in [-0.1, -0.05) is 0 Å². The molecule has 2 aromatic rings. The fourth-order valence-corrected chi connectivity index (χ4v) is 1.80. The fourth-order valence-electron chi connectivity index (χ4n) is 1.80. The van der Waals surface area contributed by atoms with Crippen molar-refractivity contribution < 1.29 is 4.74 Å². The summed E-state index contributed by atoms with van der Waals surface area (Å²) in [7, 11) is 1.63. The molecule has 0 saturated heterocycles. The van der Waals surface area contributed by atoms with Crippen LogP contribution < -0.4 is 10.5 Å². The van der Waals surface area contributed by atoms with Crippen LogP contribution in [0.4, 0.5) is 5.69 Å². The number of methoxy groups -OCH3 is 1. The number of fused-ring (bicyclic) bond motifs is 1. The summed E-state index contributed by atoms with van der Waals surface area (Å²) in [5, 5.41) is 1.05. The molecular formula is C12H14N2O. The zero-order chi connectivity index (χ0) is 11.0. The monoisotopic (exact) mass is 202 g/mol. The summed E-state index contributed by atoms with van der Waals surface area (Å²) in [5.74, 6) is 0.733. The third-order valence-corrected chi connectivity index (χ3v) is 2.46. The first-order chi connectivity index (χ1) is 7.11. The van der Waals surface area contributed by atoms with Crippen LogP contribution in [-0.2, 0) is 0 Å². The van der Waals surface area contributed by atoms with Gasteiger partial charge in [-0.15, -0.1) is 0 Å². The number of ether oxygens (including phenoxy) is 1. The zero-order valence-corrected chi connectivity index (χ0v) is 9.16. The molecule has 0 spiro atoms. The van der Waals surface area contributed by atoms with Crippen LogP contribution in [0.2, 0.25) is 0 Å². The molecule has 0 fully saturated rings. The molecule has 2 rings (SSSR count). The zero-order valence-electron chi connectivity index (χ0n) is 9.16. The van der Waals surface area contributed by atoms with E-state index in [4.69, 9.17) is 10.5 Å². The Morgan fingerprint density at radius 3 is 2.60 bits per heavy atom. The number of hydrogen-bond donors (Lipinski definition) is 1. The van der Waals surface area contributed by atoms with Gasteiger partial charge < -0.3 is 10.5 Å². The van der Waals surface area contributed by atoms with E-state index in [-0.39, 0.29) is 0 Å². The number of nitrogens with two attached hydrogens (primary N) is 1. The third kappa shape index (κ3) is 1.61. The molecule has 0 aliphatic carbocycles. The van der Waals surface area contributed by atoms with E-state index in [9.17, 15) is 0 Å². The SMILES string of the molecule is COc1cc(N)cc2c(C)cc(C)nc12. The maximum absolute atomic E-state index is 5.80. The Hall–Kier alpha value is -1.77. The third-order valence-electron chi connectivity index (χ3n) is 2.46. The highest BCUT2D eigenvalue weighted by Crippen LogP contribution is 2.29. The van der Waals surface area contributed by atoms with Gasteiger partial charge in [0.25, 0.3) is 0 Å². The van der Waals surface area contributed by atoms with Gasteiger partial charge in [0.2, 0.25) is 0 Å². The normalized spacial score (nSPS) is 10.6. The molecule has 78 valence electrons. The van der Waals surface area contributed by atoms with Crippen LogP contribution in [0.3, 0.4) is 0 Å². The second-order valence-electron chi connectivity index (χ2n) is 3.70. The molecule has 1 heterocycles. The van der Waals surface area contributed by atoms with Crippen molar-refractivity contribution in [2.24, 2.45) is 0 Å². The van der Waals surface area contributed by atoms with E-state index < -0.39 is 0 Å². The Kier molecular flexibility index (Phi) is 2.23. The highest BCUT2D eigenvalue weighted by atomic mass is 16.5. The smallest absolute Gasteiger partial charge is 0.147 e. The number of rotatable bonds is 1. The Morgan fingerprint density at radius 1 is 1.20 bits per heavy atom. The van der Waals surface area contributed by atoms with Crippen LogP contribution in [-0.4, -0.2) is 12.1 Å². The van der Waals surface area contributed by atoms with Crippen molar-refractivity contribution in [3.8, 4) is 5.75 Å². The van der Waals surface area contributed by atoms with Crippen LogP contribution in [0.15, 0.2) is 18.2 Å². The van der Waals surface area contributed by atoms with Crippen molar-refractivity contribution in [1.29, 1.82) is 0 Å². The summed E-state index contributed by atoms with van der Waals surface area (Å²) in [6, 6.07) is 5.77. The van der Waals surface area contributed by atoms with Crippen molar-refractivity contribution in [3.05, 3.63) is 29.5 Å². The van der Waals surface area contributed by atoms with Gasteiger partial charge >= 0.3 is 0 Å². The van der Waals surface area contributed by atoms with E-state index in [1.165, 1.54) is 5.56 Å². The number of pyridine rings is 1. The minimum Gasteiger partial charge on any atom is -0.494 e. The quantitative estimate of drug-likeness (QED) is 0.722. The molecular weight excluding hydrogens is 188 g/mol. The average Bonchev–Trinajstić information content (AvgIpc) is 2.18. The molecule has 0 atom stereocenters. The Bertz CT molecular complexity index is 521. The van der Waals surface area contributed by atoms with Crippen LogP contribution in [0.25, 0.3) is 10.9 Å². The number of anilines is 1. The summed E-state index contributed by atoms with van der Waals surface area (Å²) in [6.45, 7) is 4.03. The second kappa shape index (κ2) is 3.42. The van der Waals surface area contributed by atoms with Gasteiger partial charge in [-0.2, -0.15) is 0 Å². The number of aromatic nitrogens is 1. The minimum atomic E-state index is 0.702. The molecule has 15 heavy (non-hydrogen) atoms. The molecule has 3 heteroatoms. The van der Waals surface area contributed by atoms with E-state index in [1.54, 1.807) is 13.2 Å².